The van der Waals surface area contributed by atoms with Gasteiger partial charge in [-0.3, -0.25) is 4.79 Å². The molecular weight excluding hydrogens is 240 g/mol. The molecule has 0 aromatic heterocycles. The van der Waals surface area contributed by atoms with Crippen LogP contribution in [-0.4, -0.2) is 24.8 Å². The van der Waals surface area contributed by atoms with E-state index < -0.39 is 5.97 Å². The number of carboxylic acids is 1. The third-order valence-electron chi connectivity index (χ3n) is 5.28. The SMILES string of the molecule is COCC(CC(C1CCCC1)C1CCCC1)C(=O)O. The summed E-state index contributed by atoms with van der Waals surface area (Å²) in [7, 11) is 1.61. The zero-order valence-electron chi connectivity index (χ0n) is 12.1. The summed E-state index contributed by atoms with van der Waals surface area (Å²) in [6.07, 6.45) is 11.5. The Kier molecular flexibility index (Phi) is 5.68. The Morgan fingerprint density at radius 3 is 1.95 bits per heavy atom. The summed E-state index contributed by atoms with van der Waals surface area (Å²) in [6, 6.07) is 0. The molecule has 3 heteroatoms. The molecule has 19 heavy (non-hydrogen) atoms. The van der Waals surface area contributed by atoms with Crippen molar-refractivity contribution in [1.29, 1.82) is 0 Å². The quantitative estimate of drug-likeness (QED) is 0.765. The van der Waals surface area contributed by atoms with Gasteiger partial charge in [0.2, 0.25) is 0 Å². The summed E-state index contributed by atoms with van der Waals surface area (Å²) in [5.74, 6) is 1.20. The van der Waals surface area contributed by atoms with Crippen molar-refractivity contribution in [2.45, 2.75) is 57.8 Å². The first-order valence-corrected chi connectivity index (χ1v) is 7.94. The Morgan fingerprint density at radius 2 is 1.58 bits per heavy atom. The lowest BCUT2D eigenvalue weighted by atomic mass is 9.74. The van der Waals surface area contributed by atoms with Gasteiger partial charge < -0.3 is 9.84 Å². The Hall–Kier alpha value is -0.570. The summed E-state index contributed by atoms with van der Waals surface area (Å²) in [5.41, 5.74) is 0. The second kappa shape index (κ2) is 7.28. The van der Waals surface area contributed by atoms with E-state index in [1.54, 1.807) is 7.11 Å². The van der Waals surface area contributed by atoms with Crippen molar-refractivity contribution >= 4 is 5.97 Å². The van der Waals surface area contributed by atoms with Gasteiger partial charge in [0.05, 0.1) is 12.5 Å². The van der Waals surface area contributed by atoms with Crippen molar-refractivity contribution in [2.24, 2.45) is 23.7 Å². The maximum absolute atomic E-state index is 11.4. The van der Waals surface area contributed by atoms with Crippen molar-refractivity contribution < 1.29 is 14.6 Å². The molecule has 0 spiro atoms. The van der Waals surface area contributed by atoms with Crippen LogP contribution >= 0.6 is 0 Å². The molecule has 2 saturated carbocycles. The topological polar surface area (TPSA) is 46.5 Å². The highest BCUT2D eigenvalue weighted by atomic mass is 16.5. The molecule has 2 fully saturated rings. The van der Waals surface area contributed by atoms with Gasteiger partial charge in [0.25, 0.3) is 0 Å². The monoisotopic (exact) mass is 268 g/mol. The molecule has 1 N–H and O–H groups in total. The highest BCUT2D eigenvalue weighted by Crippen LogP contribution is 2.44. The van der Waals surface area contributed by atoms with Crippen LogP contribution in [0.5, 0.6) is 0 Å². The normalized spacial score (nSPS) is 23.3. The van der Waals surface area contributed by atoms with Crippen LogP contribution in [0.25, 0.3) is 0 Å². The number of ether oxygens (including phenoxy) is 1. The number of aliphatic carboxylic acids is 1. The minimum atomic E-state index is -0.678. The first-order valence-electron chi connectivity index (χ1n) is 7.94. The van der Waals surface area contributed by atoms with Crippen molar-refractivity contribution in [3.05, 3.63) is 0 Å². The molecule has 0 aliphatic heterocycles. The van der Waals surface area contributed by atoms with E-state index in [1.807, 2.05) is 0 Å². The first-order chi connectivity index (χ1) is 9.22. The van der Waals surface area contributed by atoms with E-state index in [-0.39, 0.29) is 5.92 Å². The Bertz CT molecular complexity index is 262. The second-order valence-corrected chi connectivity index (χ2v) is 6.48. The van der Waals surface area contributed by atoms with Gasteiger partial charge in [-0.05, 0) is 24.2 Å². The van der Waals surface area contributed by atoms with Gasteiger partial charge >= 0.3 is 5.97 Å². The Labute approximate surface area is 116 Å². The smallest absolute Gasteiger partial charge is 0.308 e. The zero-order valence-corrected chi connectivity index (χ0v) is 12.1. The molecule has 0 radical (unpaired) electrons. The number of hydrogen-bond acceptors (Lipinski definition) is 2. The van der Waals surface area contributed by atoms with Gasteiger partial charge in [-0.25, -0.2) is 0 Å². The molecule has 1 atom stereocenters. The van der Waals surface area contributed by atoms with E-state index in [2.05, 4.69) is 0 Å². The molecule has 2 aliphatic carbocycles. The standard InChI is InChI=1S/C16H28O3/c1-19-11-14(16(17)18)10-15(12-6-2-3-7-12)13-8-4-5-9-13/h12-15H,2-11H2,1H3,(H,17,18). The molecule has 0 saturated heterocycles. The van der Waals surface area contributed by atoms with Crippen LogP contribution in [0.15, 0.2) is 0 Å². The summed E-state index contributed by atoms with van der Waals surface area (Å²) in [6.45, 7) is 0.366. The molecule has 3 nitrogen and oxygen atoms in total. The van der Waals surface area contributed by atoms with Crippen molar-refractivity contribution in [2.75, 3.05) is 13.7 Å². The van der Waals surface area contributed by atoms with E-state index in [4.69, 9.17) is 4.74 Å². The lowest BCUT2D eigenvalue weighted by molar-refractivity contribution is -0.144. The van der Waals surface area contributed by atoms with Crippen molar-refractivity contribution in [1.82, 2.24) is 0 Å². The van der Waals surface area contributed by atoms with E-state index >= 15 is 0 Å². The summed E-state index contributed by atoms with van der Waals surface area (Å²) >= 11 is 0. The molecule has 2 rings (SSSR count). The number of rotatable bonds is 7. The number of carbonyl (C=O) groups is 1. The second-order valence-electron chi connectivity index (χ2n) is 6.48. The van der Waals surface area contributed by atoms with Crippen LogP contribution in [0.2, 0.25) is 0 Å². The largest absolute Gasteiger partial charge is 0.481 e. The van der Waals surface area contributed by atoms with Crippen LogP contribution in [-0.2, 0) is 9.53 Å². The van der Waals surface area contributed by atoms with Gasteiger partial charge in [-0.2, -0.15) is 0 Å². The summed E-state index contributed by atoms with van der Waals surface area (Å²) in [4.78, 5) is 11.4. The summed E-state index contributed by atoms with van der Waals surface area (Å²) in [5, 5.41) is 9.36. The van der Waals surface area contributed by atoms with Gasteiger partial charge in [-0.1, -0.05) is 51.4 Å². The maximum atomic E-state index is 11.4. The third-order valence-corrected chi connectivity index (χ3v) is 5.28. The molecule has 1 unspecified atom stereocenters. The maximum Gasteiger partial charge on any atom is 0.308 e. The van der Waals surface area contributed by atoms with Crippen LogP contribution in [0.4, 0.5) is 0 Å². The molecule has 110 valence electrons. The molecule has 0 heterocycles. The van der Waals surface area contributed by atoms with Crippen molar-refractivity contribution in [3.63, 3.8) is 0 Å². The fraction of sp³-hybridized carbons (Fsp3) is 0.938. The van der Waals surface area contributed by atoms with Gasteiger partial charge in [0.1, 0.15) is 0 Å². The average Bonchev–Trinajstić information content (AvgIpc) is 3.06. The van der Waals surface area contributed by atoms with Crippen LogP contribution in [0.1, 0.15) is 57.8 Å². The molecule has 0 bridgehead atoms. The van der Waals surface area contributed by atoms with Crippen LogP contribution in [0, 0.1) is 23.7 Å². The molecular formula is C16H28O3. The average molecular weight is 268 g/mol. The molecule has 2 aliphatic rings. The van der Waals surface area contributed by atoms with Crippen LogP contribution < -0.4 is 0 Å². The first kappa shape index (κ1) is 14.8. The lowest BCUT2D eigenvalue weighted by Crippen LogP contribution is -2.29. The predicted octanol–water partition coefficient (Wildman–Crippen LogP) is 3.72. The van der Waals surface area contributed by atoms with Crippen LogP contribution in [0.3, 0.4) is 0 Å². The third kappa shape index (κ3) is 3.95. The Morgan fingerprint density at radius 1 is 1.11 bits per heavy atom. The number of carboxylic acid groups (broad SMARTS) is 1. The minimum Gasteiger partial charge on any atom is -0.481 e. The highest BCUT2D eigenvalue weighted by Gasteiger charge is 2.36. The molecule has 0 aromatic carbocycles. The van der Waals surface area contributed by atoms with Gasteiger partial charge in [0, 0.05) is 7.11 Å². The fourth-order valence-electron chi connectivity index (χ4n) is 4.31. The van der Waals surface area contributed by atoms with E-state index in [0.29, 0.717) is 12.5 Å². The number of hydrogen-bond donors (Lipinski definition) is 1. The van der Waals surface area contributed by atoms with E-state index in [9.17, 15) is 9.90 Å². The van der Waals surface area contributed by atoms with E-state index in [0.717, 1.165) is 18.3 Å². The van der Waals surface area contributed by atoms with Gasteiger partial charge in [-0.15, -0.1) is 0 Å². The summed E-state index contributed by atoms with van der Waals surface area (Å²) < 4.78 is 5.11. The highest BCUT2D eigenvalue weighted by molar-refractivity contribution is 5.70. The number of methoxy groups -OCH3 is 1. The van der Waals surface area contributed by atoms with Crippen molar-refractivity contribution in [3.8, 4) is 0 Å². The van der Waals surface area contributed by atoms with E-state index in [1.165, 1.54) is 51.4 Å². The fourth-order valence-corrected chi connectivity index (χ4v) is 4.31. The lowest BCUT2D eigenvalue weighted by Gasteiger charge is -2.31. The van der Waals surface area contributed by atoms with Gasteiger partial charge in [0.15, 0.2) is 0 Å². The minimum absolute atomic E-state index is 0.309. The Balaban J connectivity index is 2.00. The molecule has 0 amide bonds. The predicted molar refractivity (Wildman–Crippen MR) is 75.0 cm³/mol. The zero-order chi connectivity index (χ0) is 13.7. The molecule has 0 aromatic rings.